The Hall–Kier alpha value is -1.80. The quantitative estimate of drug-likeness (QED) is 0.233. The Bertz CT molecular complexity index is 665. The summed E-state index contributed by atoms with van der Waals surface area (Å²) in [4.78, 5) is 4.62. The minimum Gasteiger partial charge on any atom is -0.489 e. The summed E-state index contributed by atoms with van der Waals surface area (Å²) in [5, 5.41) is 6.51. The van der Waals surface area contributed by atoms with Gasteiger partial charge in [0, 0.05) is 19.7 Å². The highest BCUT2D eigenvalue weighted by atomic mass is 127. The fraction of sp³-hybridized carbons (Fsp3) is 0.381. The molecule has 0 aliphatic heterocycles. The molecule has 0 heterocycles. The molecule has 0 saturated carbocycles. The van der Waals surface area contributed by atoms with Gasteiger partial charge in [0.2, 0.25) is 0 Å². The monoisotopic (exact) mass is 483 g/mol. The first-order valence-electron chi connectivity index (χ1n) is 9.17. The van der Waals surface area contributed by atoms with Crippen LogP contribution in [0.15, 0.2) is 59.6 Å². The summed E-state index contributed by atoms with van der Waals surface area (Å²) >= 11 is 0. The Morgan fingerprint density at radius 3 is 2.48 bits per heavy atom. The molecule has 0 spiro atoms. The van der Waals surface area contributed by atoms with Crippen molar-refractivity contribution in [2.75, 3.05) is 26.3 Å². The van der Waals surface area contributed by atoms with E-state index in [2.05, 4.69) is 40.7 Å². The van der Waals surface area contributed by atoms with Gasteiger partial charge in [-0.25, -0.2) is 4.99 Å². The standard InChI is InChI=1S/C21H29N3O2.HI/c1-3-22-21(23-13-14-25-4-2)24-16-19-11-8-12-20(15-19)26-17-18-9-6-5-7-10-18;/h5-12,15H,3-4,13-14,16-17H2,1-2H3,(H2,22,23,24);1H. The lowest BCUT2D eigenvalue weighted by molar-refractivity contribution is 0.152. The molecule has 0 aromatic heterocycles. The number of hydrogen-bond acceptors (Lipinski definition) is 3. The van der Waals surface area contributed by atoms with Crippen molar-refractivity contribution in [2.24, 2.45) is 4.99 Å². The van der Waals surface area contributed by atoms with Crippen molar-refractivity contribution in [1.82, 2.24) is 10.6 Å². The number of aliphatic imine (C=N–C) groups is 1. The van der Waals surface area contributed by atoms with Crippen molar-refractivity contribution in [3.63, 3.8) is 0 Å². The van der Waals surface area contributed by atoms with Crippen LogP contribution in [0.3, 0.4) is 0 Å². The lowest BCUT2D eigenvalue weighted by atomic mass is 10.2. The zero-order valence-electron chi connectivity index (χ0n) is 16.1. The van der Waals surface area contributed by atoms with Crippen molar-refractivity contribution in [1.29, 1.82) is 0 Å². The number of hydrogen-bond donors (Lipinski definition) is 2. The molecule has 27 heavy (non-hydrogen) atoms. The van der Waals surface area contributed by atoms with E-state index in [9.17, 15) is 0 Å². The number of rotatable bonds is 10. The molecule has 6 heteroatoms. The van der Waals surface area contributed by atoms with Crippen LogP contribution >= 0.6 is 24.0 Å². The van der Waals surface area contributed by atoms with Crippen molar-refractivity contribution >= 4 is 29.9 Å². The first kappa shape index (κ1) is 23.2. The molecule has 148 valence electrons. The third-order valence-electron chi connectivity index (χ3n) is 3.65. The summed E-state index contributed by atoms with van der Waals surface area (Å²) in [6.07, 6.45) is 0. The molecule has 2 aromatic carbocycles. The molecular weight excluding hydrogens is 453 g/mol. The molecule has 0 amide bonds. The maximum absolute atomic E-state index is 5.88. The van der Waals surface area contributed by atoms with Gasteiger partial charge in [-0.05, 0) is 37.1 Å². The predicted octanol–water partition coefficient (Wildman–Crippen LogP) is 3.98. The smallest absolute Gasteiger partial charge is 0.191 e. The molecule has 2 aromatic rings. The molecule has 0 atom stereocenters. The molecule has 0 bridgehead atoms. The van der Waals surface area contributed by atoms with E-state index < -0.39 is 0 Å². The average Bonchev–Trinajstić information content (AvgIpc) is 2.69. The van der Waals surface area contributed by atoms with E-state index in [4.69, 9.17) is 9.47 Å². The topological polar surface area (TPSA) is 54.9 Å². The molecule has 2 N–H and O–H groups in total. The van der Waals surface area contributed by atoms with E-state index >= 15 is 0 Å². The lowest BCUT2D eigenvalue weighted by Gasteiger charge is -2.11. The fourth-order valence-electron chi connectivity index (χ4n) is 2.37. The minimum atomic E-state index is 0. The number of benzene rings is 2. The van der Waals surface area contributed by atoms with Gasteiger partial charge >= 0.3 is 0 Å². The Labute approximate surface area is 179 Å². The zero-order chi connectivity index (χ0) is 18.5. The van der Waals surface area contributed by atoms with Gasteiger partial charge in [-0.3, -0.25) is 0 Å². The van der Waals surface area contributed by atoms with Crippen LogP contribution < -0.4 is 15.4 Å². The van der Waals surface area contributed by atoms with Crippen molar-refractivity contribution in [3.05, 3.63) is 65.7 Å². The molecule has 0 aliphatic carbocycles. The maximum Gasteiger partial charge on any atom is 0.191 e. The number of ether oxygens (including phenoxy) is 2. The number of nitrogens with one attached hydrogen (secondary N) is 2. The summed E-state index contributed by atoms with van der Waals surface area (Å²) < 4.78 is 11.2. The first-order valence-corrected chi connectivity index (χ1v) is 9.17. The first-order chi connectivity index (χ1) is 12.8. The summed E-state index contributed by atoms with van der Waals surface area (Å²) in [5.41, 5.74) is 2.27. The van der Waals surface area contributed by atoms with E-state index in [1.54, 1.807) is 0 Å². The van der Waals surface area contributed by atoms with Crippen molar-refractivity contribution < 1.29 is 9.47 Å². The normalized spacial score (nSPS) is 10.8. The fourth-order valence-corrected chi connectivity index (χ4v) is 2.37. The molecular formula is C21H30IN3O2. The van der Waals surface area contributed by atoms with Crippen LogP contribution in [-0.4, -0.2) is 32.3 Å². The van der Waals surface area contributed by atoms with Crippen LogP contribution in [0.4, 0.5) is 0 Å². The summed E-state index contributed by atoms with van der Waals surface area (Å²) in [6, 6.07) is 18.2. The van der Waals surface area contributed by atoms with Gasteiger partial charge < -0.3 is 20.1 Å². The summed E-state index contributed by atoms with van der Waals surface area (Å²) in [5.74, 6) is 1.65. The Balaban J connectivity index is 0.00000364. The lowest BCUT2D eigenvalue weighted by Crippen LogP contribution is -2.39. The van der Waals surface area contributed by atoms with Crippen LogP contribution in [0.1, 0.15) is 25.0 Å². The molecule has 0 aliphatic rings. The zero-order valence-corrected chi connectivity index (χ0v) is 18.4. The highest BCUT2D eigenvalue weighted by Crippen LogP contribution is 2.16. The van der Waals surface area contributed by atoms with Gasteiger partial charge in [0.25, 0.3) is 0 Å². The van der Waals surface area contributed by atoms with Crippen LogP contribution in [0.5, 0.6) is 5.75 Å². The van der Waals surface area contributed by atoms with Gasteiger partial charge in [-0.2, -0.15) is 0 Å². The second-order valence-electron chi connectivity index (χ2n) is 5.74. The number of guanidine groups is 1. The minimum absolute atomic E-state index is 0. The molecule has 5 nitrogen and oxygen atoms in total. The Morgan fingerprint density at radius 2 is 1.74 bits per heavy atom. The largest absolute Gasteiger partial charge is 0.489 e. The summed E-state index contributed by atoms with van der Waals surface area (Å²) in [6.45, 7) is 8.15. The molecule has 0 radical (unpaired) electrons. The second kappa shape index (κ2) is 14.3. The van der Waals surface area contributed by atoms with Crippen molar-refractivity contribution in [2.45, 2.75) is 27.0 Å². The molecule has 0 unspecified atom stereocenters. The Morgan fingerprint density at radius 1 is 0.963 bits per heavy atom. The van der Waals surface area contributed by atoms with Crippen LogP contribution in [-0.2, 0) is 17.9 Å². The molecule has 0 saturated heterocycles. The molecule has 0 fully saturated rings. The highest BCUT2D eigenvalue weighted by molar-refractivity contribution is 14.0. The number of halogens is 1. The molecule has 2 rings (SSSR count). The van der Waals surface area contributed by atoms with E-state index in [0.717, 1.165) is 42.5 Å². The third kappa shape index (κ3) is 9.63. The SMILES string of the molecule is CCNC(=NCc1cccc(OCc2ccccc2)c1)NCCOCC.I. The van der Waals surface area contributed by atoms with Crippen LogP contribution in [0.2, 0.25) is 0 Å². The van der Waals surface area contributed by atoms with Crippen molar-refractivity contribution in [3.8, 4) is 5.75 Å². The van der Waals surface area contributed by atoms with E-state index in [1.807, 2.05) is 43.3 Å². The second-order valence-corrected chi connectivity index (χ2v) is 5.74. The van der Waals surface area contributed by atoms with Gasteiger partial charge in [0.1, 0.15) is 12.4 Å². The van der Waals surface area contributed by atoms with E-state index in [1.165, 1.54) is 0 Å². The highest BCUT2D eigenvalue weighted by Gasteiger charge is 2.00. The van der Waals surface area contributed by atoms with Gasteiger partial charge in [-0.1, -0.05) is 42.5 Å². The van der Waals surface area contributed by atoms with Gasteiger partial charge in [0.15, 0.2) is 5.96 Å². The predicted molar refractivity (Wildman–Crippen MR) is 122 cm³/mol. The van der Waals surface area contributed by atoms with E-state index in [0.29, 0.717) is 19.8 Å². The van der Waals surface area contributed by atoms with Gasteiger partial charge in [0.05, 0.1) is 13.2 Å². The summed E-state index contributed by atoms with van der Waals surface area (Å²) in [7, 11) is 0. The van der Waals surface area contributed by atoms with Crippen LogP contribution in [0, 0.1) is 0 Å². The van der Waals surface area contributed by atoms with E-state index in [-0.39, 0.29) is 24.0 Å². The third-order valence-corrected chi connectivity index (χ3v) is 3.65. The average molecular weight is 483 g/mol. The maximum atomic E-state index is 5.88. The Kier molecular flexibility index (Phi) is 12.3. The van der Waals surface area contributed by atoms with Crippen LogP contribution in [0.25, 0.3) is 0 Å². The number of nitrogens with zero attached hydrogens (tertiary/aromatic N) is 1. The van der Waals surface area contributed by atoms with Gasteiger partial charge in [-0.15, -0.1) is 24.0 Å².